The topological polar surface area (TPSA) is 66.6 Å². The third-order valence-corrected chi connectivity index (χ3v) is 2.52. The number of likely N-dealkylation sites (tertiary alicyclic amines) is 1. The first-order valence-corrected chi connectivity index (χ1v) is 5.23. The van der Waals surface area contributed by atoms with Crippen LogP contribution in [0.5, 0.6) is 0 Å². The van der Waals surface area contributed by atoms with E-state index >= 15 is 0 Å². The summed E-state index contributed by atoms with van der Waals surface area (Å²) in [6.07, 6.45) is 1.04. The molecule has 2 atom stereocenters. The zero-order valence-electron chi connectivity index (χ0n) is 8.94. The van der Waals surface area contributed by atoms with Gasteiger partial charge in [-0.1, -0.05) is 13.8 Å². The number of carbonyl (C=O) groups is 1. The number of amides is 1. The predicted octanol–water partition coefficient (Wildman–Crippen LogP) is -0.0470. The monoisotopic (exact) mass is 200 g/mol. The van der Waals surface area contributed by atoms with E-state index in [0.29, 0.717) is 31.8 Å². The van der Waals surface area contributed by atoms with Crippen molar-refractivity contribution in [1.29, 1.82) is 0 Å². The third kappa shape index (κ3) is 2.96. The van der Waals surface area contributed by atoms with Crippen molar-refractivity contribution in [2.45, 2.75) is 38.8 Å². The first-order chi connectivity index (χ1) is 6.50. The number of hydrogen-bond acceptors (Lipinski definition) is 3. The van der Waals surface area contributed by atoms with E-state index in [9.17, 15) is 9.90 Å². The number of rotatable bonds is 3. The first-order valence-electron chi connectivity index (χ1n) is 5.23. The lowest BCUT2D eigenvalue weighted by Gasteiger charge is -2.21. The first kappa shape index (κ1) is 11.5. The van der Waals surface area contributed by atoms with Gasteiger partial charge in [-0.15, -0.1) is 0 Å². The zero-order valence-corrected chi connectivity index (χ0v) is 8.94. The number of aliphatic hydroxyl groups is 1. The minimum absolute atomic E-state index is 0.0183. The van der Waals surface area contributed by atoms with E-state index in [-0.39, 0.29) is 12.0 Å². The van der Waals surface area contributed by atoms with Crippen LogP contribution in [-0.2, 0) is 4.79 Å². The SMILES string of the molecule is CC(C)C[C@@H](N)C(=O)N1CC[C@H](O)C1. The van der Waals surface area contributed by atoms with E-state index in [1.807, 2.05) is 13.8 Å². The molecule has 1 aliphatic rings. The molecule has 0 aromatic rings. The van der Waals surface area contributed by atoms with E-state index in [1.165, 1.54) is 0 Å². The number of nitrogens with two attached hydrogens (primary N) is 1. The Labute approximate surface area is 85.1 Å². The molecule has 0 aliphatic carbocycles. The highest BCUT2D eigenvalue weighted by Gasteiger charge is 2.28. The van der Waals surface area contributed by atoms with Crippen molar-refractivity contribution in [2.75, 3.05) is 13.1 Å². The van der Waals surface area contributed by atoms with Gasteiger partial charge in [0, 0.05) is 13.1 Å². The molecule has 0 aromatic heterocycles. The van der Waals surface area contributed by atoms with Gasteiger partial charge in [0.2, 0.25) is 5.91 Å². The molecule has 4 nitrogen and oxygen atoms in total. The molecule has 1 fully saturated rings. The summed E-state index contributed by atoms with van der Waals surface area (Å²) in [5.74, 6) is 0.414. The van der Waals surface area contributed by atoms with Gasteiger partial charge >= 0.3 is 0 Å². The summed E-state index contributed by atoms with van der Waals surface area (Å²) in [5.41, 5.74) is 5.77. The Kier molecular flexibility index (Phi) is 3.89. The van der Waals surface area contributed by atoms with Gasteiger partial charge < -0.3 is 15.7 Å². The van der Waals surface area contributed by atoms with Crippen molar-refractivity contribution in [1.82, 2.24) is 4.90 Å². The average molecular weight is 200 g/mol. The van der Waals surface area contributed by atoms with Crippen LogP contribution >= 0.6 is 0 Å². The highest BCUT2D eigenvalue weighted by Crippen LogP contribution is 2.12. The van der Waals surface area contributed by atoms with Gasteiger partial charge in [-0.25, -0.2) is 0 Å². The molecule has 82 valence electrons. The molecule has 1 heterocycles. The molecular weight excluding hydrogens is 180 g/mol. The Hall–Kier alpha value is -0.610. The third-order valence-electron chi connectivity index (χ3n) is 2.52. The van der Waals surface area contributed by atoms with Crippen LogP contribution in [-0.4, -0.2) is 41.1 Å². The molecule has 14 heavy (non-hydrogen) atoms. The summed E-state index contributed by atoms with van der Waals surface area (Å²) in [6, 6.07) is -0.403. The second-order valence-corrected chi connectivity index (χ2v) is 4.46. The normalized spacial score (nSPS) is 24.4. The van der Waals surface area contributed by atoms with Crippen LogP contribution in [0.4, 0.5) is 0 Å². The zero-order chi connectivity index (χ0) is 10.7. The largest absolute Gasteiger partial charge is 0.391 e. The van der Waals surface area contributed by atoms with Gasteiger partial charge in [-0.3, -0.25) is 4.79 Å². The fourth-order valence-corrected chi connectivity index (χ4v) is 1.79. The molecule has 4 heteroatoms. The molecule has 1 aliphatic heterocycles. The number of aliphatic hydroxyl groups excluding tert-OH is 1. The van der Waals surface area contributed by atoms with E-state index in [4.69, 9.17) is 5.73 Å². The molecule has 0 spiro atoms. The molecular formula is C10H20N2O2. The average Bonchev–Trinajstić information content (AvgIpc) is 2.49. The van der Waals surface area contributed by atoms with Crippen LogP contribution in [0.15, 0.2) is 0 Å². The second-order valence-electron chi connectivity index (χ2n) is 4.46. The fraction of sp³-hybridized carbons (Fsp3) is 0.900. The van der Waals surface area contributed by atoms with Crippen LogP contribution in [0.3, 0.4) is 0 Å². The molecule has 3 N–H and O–H groups in total. The maximum absolute atomic E-state index is 11.7. The Morgan fingerprint density at radius 2 is 2.29 bits per heavy atom. The number of nitrogens with zero attached hydrogens (tertiary/aromatic N) is 1. The van der Waals surface area contributed by atoms with Gasteiger partial charge in [0.05, 0.1) is 12.1 Å². The highest BCUT2D eigenvalue weighted by atomic mass is 16.3. The van der Waals surface area contributed by atoms with E-state index in [2.05, 4.69) is 0 Å². The summed E-state index contributed by atoms with van der Waals surface area (Å²) in [5, 5.41) is 9.28. The quantitative estimate of drug-likeness (QED) is 0.671. The summed E-state index contributed by atoms with van der Waals surface area (Å²) in [4.78, 5) is 13.4. The number of β-amino-alcohol motifs (C(OH)–C–C–N with tert-alkyl or cyclic N) is 1. The van der Waals surface area contributed by atoms with Crippen LogP contribution in [0.25, 0.3) is 0 Å². The molecule has 1 amide bonds. The second kappa shape index (κ2) is 4.75. The molecule has 0 aromatic carbocycles. The van der Waals surface area contributed by atoms with Gasteiger partial charge in [0.15, 0.2) is 0 Å². The predicted molar refractivity (Wildman–Crippen MR) is 54.6 cm³/mol. The lowest BCUT2D eigenvalue weighted by molar-refractivity contribution is -0.132. The number of hydrogen-bond donors (Lipinski definition) is 2. The minimum atomic E-state index is -0.403. The maximum Gasteiger partial charge on any atom is 0.239 e. The number of carbonyl (C=O) groups excluding carboxylic acids is 1. The Bertz CT molecular complexity index is 206. The Morgan fingerprint density at radius 1 is 1.64 bits per heavy atom. The van der Waals surface area contributed by atoms with Crippen LogP contribution < -0.4 is 5.73 Å². The van der Waals surface area contributed by atoms with Gasteiger partial charge in [0.1, 0.15) is 0 Å². The van der Waals surface area contributed by atoms with E-state index in [0.717, 1.165) is 0 Å². The summed E-state index contributed by atoms with van der Waals surface area (Å²) in [6.45, 7) is 5.19. The molecule has 0 saturated carbocycles. The van der Waals surface area contributed by atoms with Crippen molar-refractivity contribution in [2.24, 2.45) is 11.7 Å². The standard InChI is InChI=1S/C10H20N2O2/c1-7(2)5-9(11)10(14)12-4-3-8(13)6-12/h7-9,13H,3-6,11H2,1-2H3/t8-,9+/m0/s1. The van der Waals surface area contributed by atoms with Crippen molar-refractivity contribution >= 4 is 5.91 Å². The maximum atomic E-state index is 11.7. The minimum Gasteiger partial charge on any atom is -0.391 e. The van der Waals surface area contributed by atoms with Gasteiger partial charge in [-0.05, 0) is 18.8 Å². The van der Waals surface area contributed by atoms with Crippen molar-refractivity contribution in [3.05, 3.63) is 0 Å². The molecule has 0 bridgehead atoms. The lowest BCUT2D eigenvalue weighted by atomic mass is 10.0. The summed E-state index contributed by atoms with van der Waals surface area (Å²) >= 11 is 0. The molecule has 1 saturated heterocycles. The van der Waals surface area contributed by atoms with Crippen molar-refractivity contribution in [3.63, 3.8) is 0 Å². The highest BCUT2D eigenvalue weighted by molar-refractivity contribution is 5.81. The Morgan fingerprint density at radius 3 is 2.71 bits per heavy atom. The smallest absolute Gasteiger partial charge is 0.239 e. The molecule has 0 unspecified atom stereocenters. The van der Waals surface area contributed by atoms with E-state index in [1.54, 1.807) is 4.90 Å². The van der Waals surface area contributed by atoms with Crippen LogP contribution in [0, 0.1) is 5.92 Å². The summed E-state index contributed by atoms with van der Waals surface area (Å²) in [7, 11) is 0. The van der Waals surface area contributed by atoms with Crippen molar-refractivity contribution < 1.29 is 9.90 Å². The Balaban J connectivity index is 2.40. The summed E-state index contributed by atoms with van der Waals surface area (Å²) < 4.78 is 0. The van der Waals surface area contributed by atoms with E-state index < -0.39 is 6.04 Å². The van der Waals surface area contributed by atoms with Crippen LogP contribution in [0.2, 0.25) is 0 Å². The molecule has 0 radical (unpaired) electrons. The molecule has 1 rings (SSSR count). The lowest BCUT2D eigenvalue weighted by Crippen LogP contribution is -2.43. The van der Waals surface area contributed by atoms with Crippen molar-refractivity contribution in [3.8, 4) is 0 Å². The van der Waals surface area contributed by atoms with Gasteiger partial charge in [-0.2, -0.15) is 0 Å². The fourth-order valence-electron chi connectivity index (χ4n) is 1.79. The van der Waals surface area contributed by atoms with Gasteiger partial charge in [0.25, 0.3) is 0 Å². The van der Waals surface area contributed by atoms with Crippen LogP contribution in [0.1, 0.15) is 26.7 Å².